The first-order chi connectivity index (χ1) is 17.3. The smallest absolute Gasteiger partial charge is 0.346 e. The molecule has 0 bridgehead atoms. The molecular formula is C27H31BrN4O4. The average molecular weight is 555 g/mol. The van der Waals surface area contributed by atoms with E-state index in [1.54, 1.807) is 19.2 Å². The number of ether oxygens (including phenoxy) is 2. The second-order valence-corrected chi connectivity index (χ2v) is 10.1. The highest BCUT2D eigenvalue weighted by Gasteiger charge is 2.23. The molecule has 36 heavy (non-hydrogen) atoms. The molecule has 3 aromatic rings. The van der Waals surface area contributed by atoms with Crippen LogP contribution in [0.1, 0.15) is 56.3 Å². The lowest BCUT2D eigenvalue weighted by atomic mass is 9.88. The lowest BCUT2D eigenvalue weighted by Gasteiger charge is -2.23. The molecule has 4 rings (SSSR count). The number of rotatable bonds is 7. The molecule has 2 aromatic carbocycles. The molecule has 9 heteroatoms. The number of hydrogen-bond donors (Lipinski definition) is 0. The minimum Gasteiger partial charge on any atom is -0.478 e. The van der Waals surface area contributed by atoms with Crippen LogP contribution in [-0.2, 0) is 9.53 Å². The fourth-order valence-electron chi connectivity index (χ4n) is 4.44. The molecule has 1 heterocycles. The van der Waals surface area contributed by atoms with Crippen LogP contribution >= 0.6 is 15.9 Å². The molecule has 1 atom stereocenters. The Morgan fingerprint density at radius 3 is 2.64 bits per heavy atom. The number of methoxy groups -OCH3 is 1. The number of benzene rings is 2. The first kappa shape index (κ1) is 25.9. The summed E-state index contributed by atoms with van der Waals surface area (Å²) < 4.78 is 13.0. The first-order valence-corrected chi connectivity index (χ1v) is 12.9. The standard InChI is InChI=1S/C27H31BrN4O4/c1-17(27(34)35-4)36-24-15-21(31(2)3)12-10-19(24)16-29-32-25(18-8-6-5-7-9-18)30-23-13-11-20(28)14-22(23)26(32)33/h10-18H,5-9H2,1-4H3/t17-/m0/s1. The van der Waals surface area contributed by atoms with Crippen LogP contribution in [0.25, 0.3) is 10.9 Å². The number of esters is 1. The van der Waals surface area contributed by atoms with Crippen molar-refractivity contribution in [2.24, 2.45) is 5.10 Å². The summed E-state index contributed by atoms with van der Waals surface area (Å²) in [7, 11) is 5.17. The quantitative estimate of drug-likeness (QED) is 0.298. The normalized spacial score (nSPS) is 15.2. The third-order valence-corrected chi connectivity index (χ3v) is 6.96. The van der Waals surface area contributed by atoms with Crippen molar-refractivity contribution < 1.29 is 14.3 Å². The molecule has 0 radical (unpaired) electrons. The molecule has 0 N–H and O–H groups in total. The summed E-state index contributed by atoms with van der Waals surface area (Å²) in [5, 5.41) is 5.13. The van der Waals surface area contributed by atoms with Gasteiger partial charge < -0.3 is 14.4 Å². The summed E-state index contributed by atoms with van der Waals surface area (Å²) in [4.78, 5) is 32.4. The minimum absolute atomic E-state index is 0.169. The zero-order valence-electron chi connectivity index (χ0n) is 21.0. The number of hydrogen-bond acceptors (Lipinski definition) is 7. The highest BCUT2D eigenvalue weighted by Crippen LogP contribution is 2.32. The van der Waals surface area contributed by atoms with E-state index in [-0.39, 0.29) is 11.5 Å². The van der Waals surface area contributed by atoms with Crippen molar-refractivity contribution in [3.05, 3.63) is 62.6 Å². The van der Waals surface area contributed by atoms with E-state index in [1.165, 1.54) is 18.2 Å². The topological polar surface area (TPSA) is 86.0 Å². The Hall–Kier alpha value is -3.20. The third kappa shape index (κ3) is 5.61. The Morgan fingerprint density at radius 2 is 1.94 bits per heavy atom. The van der Waals surface area contributed by atoms with E-state index in [4.69, 9.17) is 14.5 Å². The fraction of sp³-hybridized carbons (Fsp3) is 0.407. The van der Waals surface area contributed by atoms with Gasteiger partial charge in [-0.05, 0) is 50.1 Å². The Bertz CT molecular complexity index is 1350. The van der Waals surface area contributed by atoms with Crippen LogP contribution in [0.15, 0.2) is 50.8 Å². The fourth-order valence-corrected chi connectivity index (χ4v) is 4.80. The van der Waals surface area contributed by atoms with E-state index in [9.17, 15) is 9.59 Å². The number of anilines is 1. The average Bonchev–Trinajstić information content (AvgIpc) is 2.88. The Morgan fingerprint density at radius 1 is 1.19 bits per heavy atom. The molecular weight excluding hydrogens is 524 g/mol. The predicted octanol–water partition coefficient (Wildman–Crippen LogP) is 5.10. The van der Waals surface area contributed by atoms with Crippen LogP contribution in [0.4, 0.5) is 5.69 Å². The largest absolute Gasteiger partial charge is 0.478 e. The zero-order valence-corrected chi connectivity index (χ0v) is 22.6. The van der Waals surface area contributed by atoms with E-state index in [2.05, 4.69) is 21.0 Å². The van der Waals surface area contributed by atoms with E-state index >= 15 is 0 Å². The maximum atomic E-state index is 13.6. The van der Waals surface area contributed by atoms with Crippen LogP contribution in [0.3, 0.4) is 0 Å². The second kappa shape index (κ2) is 11.2. The summed E-state index contributed by atoms with van der Waals surface area (Å²) >= 11 is 3.46. The summed E-state index contributed by atoms with van der Waals surface area (Å²) in [6, 6.07) is 11.2. The van der Waals surface area contributed by atoms with Crippen molar-refractivity contribution in [3.63, 3.8) is 0 Å². The monoisotopic (exact) mass is 554 g/mol. The second-order valence-electron chi connectivity index (χ2n) is 9.23. The molecule has 0 saturated heterocycles. The number of nitrogens with zero attached hydrogens (tertiary/aromatic N) is 4. The summed E-state index contributed by atoms with van der Waals surface area (Å²) in [5.41, 5.74) is 1.98. The zero-order chi connectivity index (χ0) is 25.8. The Kier molecular flexibility index (Phi) is 8.08. The molecule has 1 aromatic heterocycles. The van der Waals surface area contributed by atoms with Crippen LogP contribution in [-0.4, -0.2) is 49.2 Å². The SMILES string of the molecule is COC(=O)[C@H](C)Oc1cc(N(C)C)ccc1C=Nn1c(C2CCCCC2)nc2ccc(Br)cc2c1=O. The Labute approximate surface area is 219 Å². The van der Waals surface area contributed by atoms with Gasteiger partial charge in [0.1, 0.15) is 11.6 Å². The van der Waals surface area contributed by atoms with Crippen LogP contribution < -0.4 is 15.2 Å². The number of halogens is 1. The summed E-state index contributed by atoms with van der Waals surface area (Å²) in [6.07, 6.45) is 6.16. The van der Waals surface area contributed by atoms with Gasteiger partial charge in [-0.15, -0.1) is 0 Å². The van der Waals surface area contributed by atoms with Gasteiger partial charge in [0, 0.05) is 41.8 Å². The van der Waals surface area contributed by atoms with Crippen molar-refractivity contribution in [1.29, 1.82) is 0 Å². The van der Waals surface area contributed by atoms with Crippen LogP contribution in [0.5, 0.6) is 5.75 Å². The molecule has 1 aliphatic carbocycles. The molecule has 190 valence electrons. The third-order valence-electron chi connectivity index (χ3n) is 6.47. The molecule has 1 fully saturated rings. The van der Waals surface area contributed by atoms with Gasteiger partial charge in [0.25, 0.3) is 5.56 Å². The summed E-state index contributed by atoms with van der Waals surface area (Å²) in [6.45, 7) is 1.63. The lowest BCUT2D eigenvalue weighted by Crippen LogP contribution is -2.26. The van der Waals surface area contributed by atoms with Crippen molar-refractivity contribution >= 4 is 44.7 Å². The minimum atomic E-state index is -0.806. The van der Waals surface area contributed by atoms with Gasteiger partial charge in [-0.3, -0.25) is 4.79 Å². The highest BCUT2D eigenvalue weighted by molar-refractivity contribution is 9.10. The van der Waals surface area contributed by atoms with Gasteiger partial charge in [-0.2, -0.15) is 9.78 Å². The Balaban J connectivity index is 1.81. The van der Waals surface area contributed by atoms with E-state index in [0.29, 0.717) is 28.0 Å². The van der Waals surface area contributed by atoms with E-state index in [0.717, 1.165) is 35.8 Å². The molecule has 0 unspecified atom stereocenters. The van der Waals surface area contributed by atoms with Crippen molar-refractivity contribution in [2.75, 3.05) is 26.1 Å². The molecule has 1 aliphatic rings. The molecule has 0 aliphatic heterocycles. The van der Waals surface area contributed by atoms with Gasteiger partial charge in [-0.1, -0.05) is 35.2 Å². The maximum absolute atomic E-state index is 13.6. The molecule has 0 amide bonds. The molecule has 0 spiro atoms. The van der Waals surface area contributed by atoms with Crippen LogP contribution in [0.2, 0.25) is 0 Å². The number of aromatic nitrogens is 2. The molecule has 1 saturated carbocycles. The predicted molar refractivity (Wildman–Crippen MR) is 145 cm³/mol. The number of carbonyl (C=O) groups excluding carboxylic acids is 1. The number of fused-ring (bicyclic) bond motifs is 1. The highest BCUT2D eigenvalue weighted by atomic mass is 79.9. The van der Waals surface area contributed by atoms with E-state index in [1.807, 2.05) is 49.3 Å². The first-order valence-electron chi connectivity index (χ1n) is 12.1. The van der Waals surface area contributed by atoms with Crippen molar-refractivity contribution in [2.45, 2.75) is 51.0 Å². The van der Waals surface area contributed by atoms with Gasteiger partial charge in [-0.25, -0.2) is 9.78 Å². The lowest BCUT2D eigenvalue weighted by molar-refractivity contribution is -0.147. The molecule has 8 nitrogen and oxygen atoms in total. The summed E-state index contributed by atoms with van der Waals surface area (Å²) in [5.74, 6) is 0.837. The van der Waals surface area contributed by atoms with E-state index < -0.39 is 12.1 Å². The van der Waals surface area contributed by atoms with Gasteiger partial charge in [0.15, 0.2) is 6.10 Å². The van der Waals surface area contributed by atoms with Gasteiger partial charge in [0.2, 0.25) is 0 Å². The van der Waals surface area contributed by atoms with Gasteiger partial charge in [0.05, 0.1) is 24.2 Å². The maximum Gasteiger partial charge on any atom is 0.346 e. The van der Waals surface area contributed by atoms with Crippen molar-refractivity contribution in [3.8, 4) is 5.75 Å². The van der Waals surface area contributed by atoms with Crippen LogP contribution in [0, 0.1) is 0 Å². The van der Waals surface area contributed by atoms with Crippen molar-refractivity contribution in [1.82, 2.24) is 9.66 Å². The number of carbonyl (C=O) groups is 1. The van der Waals surface area contributed by atoms with Gasteiger partial charge >= 0.3 is 5.97 Å².